The first-order valence-electron chi connectivity index (χ1n) is 7.64. The number of anilines is 2. The van der Waals surface area contributed by atoms with E-state index in [0.29, 0.717) is 34.0 Å². The number of phenols is 1. The van der Waals surface area contributed by atoms with Crippen LogP contribution in [0.25, 0.3) is 10.9 Å². The molecule has 0 saturated carbocycles. The third-order valence-electron chi connectivity index (χ3n) is 3.59. The van der Waals surface area contributed by atoms with Crippen molar-refractivity contribution in [3.05, 3.63) is 43.6 Å². The molecular formula is C18H18N3O4Y-. The zero-order chi connectivity index (χ0) is 17.8. The van der Waals surface area contributed by atoms with Gasteiger partial charge in [-0.3, -0.25) is 0 Å². The normalized spacial score (nSPS) is 11.2. The maximum Gasteiger partial charge on any atom is 0.231 e. The van der Waals surface area contributed by atoms with Crippen molar-refractivity contribution in [2.45, 2.75) is 6.92 Å². The fourth-order valence-electron chi connectivity index (χ4n) is 2.49. The Labute approximate surface area is 176 Å². The van der Waals surface area contributed by atoms with Crippen LogP contribution in [0.1, 0.15) is 6.92 Å². The van der Waals surface area contributed by atoms with E-state index in [1.165, 1.54) is 13.4 Å². The number of nitrogens with zero attached hydrogens (tertiary/aromatic N) is 2. The van der Waals surface area contributed by atoms with Crippen molar-refractivity contribution in [1.29, 1.82) is 0 Å². The minimum Gasteiger partial charge on any atom is -0.504 e. The largest absolute Gasteiger partial charge is 0.504 e. The van der Waals surface area contributed by atoms with Crippen LogP contribution in [0.5, 0.6) is 23.0 Å². The zero-order valence-electron chi connectivity index (χ0n) is 14.5. The summed E-state index contributed by atoms with van der Waals surface area (Å²) in [4.78, 5) is 8.46. The number of methoxy groups -OCH3 is 1. The summed E-state index contributed by atoms with van der Waals surface area (Å²) in [6.45, 7) is 5.19. The van der Waals surface area contributed by atoms with Gasteiger partial charge >= 0.3 is 0 Å². The average Bonchev–Trinajstić information content (AvgIpc) is 3.13. The molecule has 0 amide bonds. The molecule has 2 N–H and O–H groups in total. The monoisotopic (exact) mass is 429 g/mol. The van der Waals surface area contributed by atoms with E-state index in [0.717, 1.165) is 5.69 Å². The van der Waals surface area contributed by atoms with Crippen LogP contribution in [0, 0.1) is 6.92 Å². The summed E-state index contributed by atoms with van der Waals surface area (Å²) >= 11 is 0. The Morgan fingerprint density at radius 3 is 2.77 bits per heavy atom. The molecule has 1 aromatic heterocycles. The molecule has 1 aliphatic heterocycles. The molecule has 2 aromatic carbocycles. The first-order chi connectivity index (χ1) is 12.3. The minimum atomic E-state index is 0. The number of para-hydroxylation sites is 1. The third-order valence-corrected chi connectivity index (χ3v) is 3.59. The quantitative estimate of drug-likeness (QED) is 0.615. The molecule has 0 saturated heterocycles. The smallest absolute Gasteiger partial charge is 0.231 e. The van der Waals surface area contributed by atoms with Gasteiger partial charge in [0.05, 0.1) is 18.3 Å². The van der Waals surface area contributed by atoms with Crippen LogP contribution < -0.4 is 19.5 Å². The predicted octanol–water partition coefficient (Wildman–Crippen LogP) is 3.65. The van der Waals surface area contributed by atoms with Gasteiger partial charge in [0.2, 0.25) is 6.79 Å². The van der Waals surface area contributed by atoms with Crippen molar-refractivity contribution in [3.63, 3.8) is 0 Å². The number of hydrogen-bond donors (Lipinski definition) is 2. The average molecular weight is 429 g/mol. The van der Waals surface area contributed by atoms with Crippen LogP contribution in [0.4, 0.5) is 11.5 Å². The van der Waals surface area contributed by atoms with E-state index in [9.17, 15) is 5.11 Å². The summed E-state index contributed by atoms with van der Waals surface area (Å²) in [5, 5.41) is 13.9. The number of phenolic OH excluding ortho intramolecular Hbond substituents is 1. The van der Waals surface area contributed by atoms with Gasteiger partial charge in [-0.2, -0.15) is 6.92 Å². The number of ether oxygens (including phenoxy) is 3. The maximum absolute atomic E-state index is 10.0. The number of nitrogens with one attached hydrogen (secondary N) is 1. The molecule has 8 heteroatoms. The fourth-order valence-corrected chi connectivity index (χ4v) is 2.49. The summed E-state index contributed by atoms with van der Waals surface area (Å²) in [5.41, 5.74) is 1.39. The molecule has 0 atom stereocenters. The fraction of sp³-hybridized carbons (Fsp3) is 0.167. The Hall–Kier alpha value is -2.12. The summed E-state index contributed by atoms with van der Waals surface area (Å²) in [7, 11) is 1.49. The number of aromatic hydroxyl groups is 1. The van der Waals surface area contributed by atoms with Crippen LogP contribution in [-0.2, 0) is 32.7 Å². The predicted molar refractivity (Wildman–Crippen MR) is 94.6 cm³/mol. The Kier molecular flexibility index (Phi) is 7.00. The van der Waals surface area contributed by atoms with Gasteiger partial charge in [-0.15, -0.1) is 0 Å². The van der Waals surface area contributed by atoms with Gasteiger partial charge in [-0.25, -0.2) is 9.97 Å². The van der Waals surface area contributed by atoms with Gasteiger partial charge < -0.3 is 31.6 Å². The number of fused-ring (bicyclic) bond motifs is 2. The Bertz CT molecular complexity index is 905. The van der Waals surface area contributed by atoms with Gasteiger partial charge in [0.25, 0.3) is 0 Å². The van der Waals surface area contributed by atoms with Crippen molar-refractivity contribution >= 4 is 22.4 Å². The van der Waals surface area contributed by atoms with Crippen molar-refractivity contribution in [3.8, 4) is 23.0 Å². The zero-order valence-corrected chi connectivity index (χ0v) is 17.4. The molecular weight excluding hydrogens is 411 g/mol. The summed E-state index contributed by atoms with van der Waals surface area (Å²) in [6.07, 6.45) is 1.45. The molecule has 7 nitrogen and oxygen atoms in total. The molecule has 0 fully saturated rings. The Balaban J connectivity index is 0.000000784. The van der Waals surface area contributed by atoms with E-state index in [-0.39, 0.29) is 45.3 Å². The Morgan fingerprint density at radius 1 is 1.19 bits per heavy atom. The summed E-state index contributed by atoms with van der Waals surface area (Å²) < 4.78 is 15.9. The molecule has 133 valence electrons. The van der Waals surface area contributed by atoms with Crippen LogP contribution >= 0.6 is 0 Å². The van der Waals surface area contributed by atoms with Crippen LogP contribution in [0.2, 0.25) is 0 Å². The van der Waals surface area contributed by atoms with Gasteiger partial charge in [0.15, 0.2) is 23.0 Å². The number of rotatable bonds is 3. The second-order valence-corrected chi connectivity index (χ2v) is 4.93. The van der Waals surface area contributed by atoms with Crippen molar-refractivity contribution in [1.82, 2.24) is 9.97 Å². The maximum atomic E-state index is 10.0. The van der Waals surface area contributed by atoms with Gasteiger partial charge in [0, 0.05) is 44.2 Å². The number of benzene rings is 2. The van der Waals surface area contributed by atoms with Crippen LogP contribution in [-0.4, -0.2) is 29.0 Å². The molecule has 0 bridgehead atoms. The SMILES string of the molecule is COc1cc2ncnc(Nc3cccc4c3OCO4)c2cc1O.[CH2-]C.[Y]. The van der Waals surface area contributed by atoms with Crippen LogP contribution in [0.3, 0.4) is 0 Å². The number of aromatic nitrogens is 2. The molecule has 0 aliphatic carbocycles. The molecule has 0 spiro atoms. The number of hydrogen-bond acceptors (Lipinski definition) is 7. The van der Waals surface area contributed by atoms with E-state index < -0.39 is 0 Å². The van der Waals surface area contributed by atoms with E-state index in [4.69, 9.17) is 14.2 Å². The first-order valence-corrected chi connectivity index (χ1v) is 7.64. The first kappa shape index (κ1) is 20.2. The molecule has 2 heterocycles. The molecule has 1 aliphatic rings. The van der Waals surface area contributed by atoms with E-state index in [1.54, 1.807) is 19.1 Å². The molecule has 4 rings (SSSR count). The topological polar surface area (TPSA) is 85.7 Å². The molecule has 3 aromatic rings. The van der Waals surface area contributed by atoms with E-state index in [1.807, 2.05) is 18.2 Å². The molecule has 1 radical (unpaired) electrons. The molecule has 26 heavy (non-hydrogen) atoms. The van der Waals surface area contributed by atoms with Crippen molar-refractivity contribution in [2.24, 2.45) is 0 Å². The van der Waals surface area contributed by atoms with Gasteiger partial charge in [0.1, 0.15) is 12.1 Å². The van der Waals surface area contributed by atoms with Crippen molar-refractivity contribution in [2.75, 3.05) is 19.2 Å². The Morgan fingerprint density at radius 2 is 2.00 bits per heavy atom. The van der Waals surface area contributed by atoms with Crippen LogP contribution in [0.15, 0.2) is 36.7 Å². The third kappa shape index (κ3) is 3.84. The minimum absolute atomic E-state index is 0. The van der Waals surface area contributed by atoms with Gasteiger partial charge in [-0.05, 0) is 18.2 Å². The van der Waals surface area contributed by atoms with E-state index in [2.05, 4.69) is 22.2 Å². The standard InChI is InChI=1S/C16H13N3O4.C2H5.Y/c1-21-14-6-11-9(5-12(14)20)16(18-7-17-11)19-10-3-2-4-13-15(10)23-8-22-13;1-2;/h2-7,20H,8H2,1H3,(H,17,18,19);1H2,2H3;/q;-1;. The van der Waals surface area contributed by atoms with E-state index >= 15 is 0 Å². The van der Waals surface area contributed by atoms with Crippen molar-refractivity contribution < 1.29 is 52.0 Å². The second-order valence-electron chi connectivity index (χ2n) is 4.93. The second kappa shape index (κ2) is 9.01. The van der Waals surface area contributed by atoms with Gasteiger partial charge in [-0.1, -0.05) is 6.07 Å². The summed E-state index contributed by atoms with van der Waals surface area (Å²) in [5.74, 6) is 2.25. The molecule has 0 unspecified atom stereocenters. The summed E-state index contributed by atoms with van der Waals surface area (Å²) in [6, 6.07) is 8.79.